The van der Waals surface area contributed by atoms with Crippen molar-refractivity contribution in [1.82, 2.24) is 5.32 Å². The second-order valence-corrected chi connectivity index (χ2v) is 7.08. The highest BCUT2D eigenvalue weighted by molar-refractivity contribution is 6.30. The Hall–Kier alpha value is -0.770. The molecule has 0 radical (unpaired) electrons. The number of hydrogen-bond donors (Lipinski definition) is 1. The standard InChI is InChI=1S/C17H24ClNO2/c1-20-8-7-19-12-17(10-16(11-17)5-6-16)14-9-13(18)3-4-15(14)21-2/h3-4,9,19H,5-8,10-12H2,1-2H3. The van der Waals surface area contributed by atoms with Crippen molar-refractivity contribution < 1.29 is 9.47 Å². The van der Waals surface area contributed by atoms with Gasteiger partial charge in [0.25, 0.3) is 0 Å². The van der Waals surface area contributed by atoms with Crippen molar-refractivity contribution in [2.24, 2.45) is 5.41 Å². The van der Waals surface area contributed by atoms with Gasteiger partial charge in [-0.1, -0.05) is 11.6 Å². The van der Waals surface area contributed by atoms with Crippen molar-refractivity contribution in [3.8, 4) is 5.75 Å². The smallest absolute Gasteiger partial charge is 0.122 e. The minimum atomic E-state index is 0.167. The van der Waals surface area contributed by atoms with Crippen LogP contribution in [0.1, 0.15) is 31.2 Å². The third-order valence-corrected chi connectivity index (χ3v) is 5.30. The first-order chi connectivity index (χ1) is 10.1. The molecule has 0 heterocycles. The Labute approximate surface area is 132 Å². The normalized spacial score (nSPS) is 21.1. The van der Waals surface area contributed by atoms with Gasteiger partial charge in [0.05, 0.1) is 13.7 Å². The summed E-state index contributed by atoms with van der Waals surface area (Å²) in [5.41, 5.74) is 2.05. The van der Waals surface area contributed by atoms with Gasteiger partial charge in [0, 0.05) is 36.2 Å². The molecule has 0 aliphatic heterocycles. The lowest BCUT2D eigenvalue weighted by Crippen LogP contribution is -2.50. The Kier molecular flexibility index (Phi) is 4.17. The molecule has 0 aromatic heterocycles. The summed E-state index contributed by atoms with van der Waals surface area (Å²) in [7, 11) is 3.48. The summed E-state index contributed by atoms with van der Waals surface area (Å²) in [4.78, 5) is 0. The van der Waals surface area contributed by atoms with Gasteiger partial charge < -0.3 is 14.8 Å². The quantitative estimate of drug-likeness (QED) is 0.783. The molecule has 0 atom stereocenters. The molecule has 0 saturated heterocycles. The third kappa shape index (κ3) is 2.92. The largest absolute Gasteiger partial charge is 0.496 e. The van der Waals surface area contributed by atoms with Gasteiger partial charge in [-0.2, -0.15) is 0 Å². The van der Waals surface area contributed by atoms with E-state index in [1.807, 2.05) is 12.1 Å². The molecule has 0 bridgehead atoms. The van der Waals surface area contributed by atoms with Gasteiger partial charge in [0.15, 0.2) is 0 Å². The van der Waals surface area contributed by atoms with Crippen molar-refractivity contribution in [3.63, 3.8) is 0 Å². The maximum Gasteiger partial charge on any atom is 0.122 e. The lowest BCUT2D eigenvalue weighted by molar-refractivity contribution is 0.109. The van der Waals surface area contributed by atoms with Gasteiger partial charge >= 0.3 is 0 Å². The van der Waals surface area contributed by atoms with Gasteiger partial charge in [-0.15, -0.1) is 0 Å². The molecular weight excluding hydrogens is 286 g/mol. The van der Waals surface area contributed by atoms with Gasteiger partial charge in [-0.3, -0.25) is 0 Å². The van der Waals surface area contributed by atoms with Crippen molar-refractivity contribution >= 4 is 11.6 Å². The van der Waals surface area contributed by atoms with Gasteiger partial charge in [-0.25, -0.2) is 0 Å². The van der Waals surface area contributed by atoms with E-state index in [4.69, 9.17) is 21.1 Å². The van der Waals surface area contributed by atoms with Crippen LogP contribution in [0.15, 0.2) is 18.2 Å². The van der Waals surface area contributed by atoms with Crippen molar-refractivity contribution in [2.75, 3.05) is 33.9 Å². The number of rotatable bonds is 7. The average molecular weight is 310 g/mol. The van der Waals surface area contributed by atoms with E-state index in [9.17, 15) is 0 Å². The summed E-state index contributed by atoms with van der Waals surface area (Å²) in [5.74, 6) is 0.962. The minimum Gasteiger partial charge on any atom is -0.496 e. The first-order valence-corrected chi connectivity index (χ1v) is 8.05. The second-order valence-electron chi connectivity index (χ2n) is 6.65. The number of benzene rings is 1. The topological polar surface area (TPSA) is 30.5 Å². The van der Waals surface area contributed by atoms with E-state index in [0.717, 1.165) is 30.5 Å². The maximum atomic E-state index is 6.24. The molecule has 1 aromatic carbocycles. The van der Waals surface area contributed by atoms with Crippen LogP contribution in [0.2, 0.25) is 5.02 Å². The van der Waals surface area contributed by atoms with Crippen molar-refractivity contribution in [1.29, 1.82) is 0 Å². The lowest BCUT2D eigenvalue weighted by Gasteiger charge is -2.50. The maximum absolute atomic E-state index is 6.24. The third-order valence-electron chi connectivity index (χ3n) is 5.06. The van der Waals surface area contributed by atoms with E-state index in [1.54, 1.807) is 14.2 Å². The molecule has 1 aromatic rings. The zero-order chi connectivity index (χ0) is 14.9. The molecule has 1 N–H and O–H groups in total. The highest BCUT2D eigenvalue weighted by Crippen LogP contribution is 2.69. The van der Waals surface area contributed by atoms with Crippen LogP contribution in [0.25, 0.3) is 0 Å². The van der Waals surface area contributed by atoms with Crippen LogP contribution < -0.4 is 10.1 Å². The number of nitrogens with one attached hydrogen (secondary N) is 1. The van der Waals surface area contributed by atoms with E-state index < -0.39 is 0 Å². The fraction of sp³-hybridized carbons (Fsp3) is 0.647. The molecule has 21 heavy (non-hydrogen) atoms. The Bertz CT molecular complexity index is 506. The second kappa shape index (κ2) is 5.79. The summed E-state index contributed by atoms with van der Waals surface area (Å²) < 4.78 is 10.7. The van der Waals surface area contributed by atoms with Crippen LogP contribution in [0.4, 0.5) is 0 Å². The molecule has 0 unspecified atom stereocenters. The summed E-state index contributed by atoms with van der Waals surface area (Å²) >= 11 is 6.24. The molecule has 1 spiro atoms. The van der Waals surface area contributed by atoms with Crippen molar-refractivity contribution in [3.05, 3.63) is 28.8 Å². The molecule has 116 valence electrons. The minimum absolute atomic E-state index is 0.167. The fourth-order valence-electron chi connectivity index (χ4n) is 3.92. The van der Waals surface area contributed by atoms with Gasteiger partial charge in [0.1, 0.15) is 5.75 Å². The van der Waals surface area contributed by atoms with E-state index >= 15 is 0 Å². The fourth-order valence-corrected chi connectivity index (χ4v) is 4.09. The lowest BCUT2D eigenvalue weighted by atomic mass is 9.56. The van der Waals surface area contributed by atoms with Gasteiger partial charge in [-0.05, 0) is 49.3 Å². The first kappa shape index (κ1) is 15.1. The predicted molar refractivity (Wildman–Crippen MR) is 85.3 cm³/mol. The van der Waals surface area contributed by atoms with E-state index in [2.05, 4.69) is 11.4 Å². The van der Waals surface area contributed by atoms with E-state index in [-0.39, 0.29) is 5.41 Å². The van der Waals surface area contributed by atoms with Crippen LogP contribution in [0, 0.1) is 5.41 Å². The summed E-state index contributed by atoms with van der Waals surface area (Å²) in [6, 6.07) is 5.99. The average Bonchev–Trinajstić information content (AvgIpc) is 3.23. The monoisotopic (exact) mass is 309 g/mol. The molecule has 3 nitrogen and oxygen atoms in total. The Balaban J connectivity index is 1.80. The van der Waals surface area contributed by atoms with Crippen LogP contribution in [0.5, 0.6) is 5.75 Å². The van der Waals surface area contributed by atoms with Crippen LogP contribution in [-0.2, 0) is 10.2 Å². The number of halogens is 1. The Morgan fingerprint density at radius 3 is 2.62 bits per heavy atom. The summed E-state index contributed by atoms with van der Waals surface area (Å²) in [5, 5.41) is 4.33. The van der Waals surface area contributed by atoms with Crippen molar-refractivity contribution in [2.45, 2.75) is 31.1 Å². The summed E-state index contributed by atoms with van der Waals surface area (Å²) in [6.45, 7) is 2.59. The van der Waals surface area contributed by atoms with E-state index in [1.165, 1.54) is 31.2 Å². The number of hydrogen-bond acceptors (Lipinski definition) is 3. The number of methoxy groups -OCH3 is 2. The predicted octanol–water partition coefficient (Wildman–Crippen LogP) is 3.40. The first-order valence-electron chi connectivity index (χ1n) is 7.67. The Morgan fingerprint density at radius 1 is 1.24 bits per heavy atom. The highest BCUT2D eigenvalue weighted by Gasteiger charge is 2.61. The van der Waals surface area contributed by atoms with Gasteiger partial charge in [0.2, 0.25) is 0 Å². The summed E-state index contributed by atoms with van der Waals surface area (Å²) in [6.07, 6.45) is 5.26. The van der Waals surface area contributed by atoms with Crippen LogP contribution in [0.3, 0.4) is 0 Å². The molecule has 2 fully saturated rings. The molecule has 3 rings (SSSR count). The zero-order valence-electron chi connectivity index (χ0n) is 12.9. The highest BCUT2D eigenvalue weighted by atomic mass is 35.5. The molecule has 2 saturated carbocycles. The molecular formula is C17H24ClNO2. The molecule has 2 aliphatic rings. The Morgan fingerprint density at radius 2 is 2.00 bits per heavy atom. The molecule has 0 amide bonds. The van der Waals surface area contributed by atoms with Crippen LogP contribution in [-0.4, -0.2) is 33.9 Å². The number of ether oxygens (including phenoxy) is 2. The molecule has 4 heteroatoms. The molecule has 2 aliphatic carbocycles. The van der Waals surface area contributed by atoms with E-state index in [0.29, 0.717) is 5.41 Å². The van der Waals surface area contributed by atoms with Crippen LogP contribution >= 0.6 is 11.6 Å². The SMILES string of the molecule is COCCNCC1(c2cc(Cl)ccc2OC)CC2(CC2)C1. The zero-order valence-corrected chi connectivity index (χ0v) is 13.6.